The highest BCUT2D eigenvalue weighted by Crippen LogP contribution is 2.43. The molecule has 7 aromatic carbocycles. The molecule has 0 aliphatic heterocycles. The van der Waals surface area contributed by atoms with E-state index in [-0.39, 0.29) is 0 Å². The van der Waals surface area contributed by atoms with E-state index in [9.17, 15) is 0 Å². The first-order valence-electron chi connectivity index (χ1n) is 16.7. The number of hydrogen-bond donors (Lipinski definition) is 0. The summed E-state index contributed by atoms with van der Waals surface area (Å²) in [7, 11) is 0. The normalized spacial score (nSPS) is 11.6. The number of benzene rings is 7. The van der Waals surface area contributed by atoms with Crippen molar-refractivity contribution in [2.75, 3.05) is 0 Å². The van der Waals surface area contributed by atoms with Crippen LogP contribution in [0, 0.1) is 0 Å². The molecule has 0 unspecified atom stereocenters. The van der Waals surface area contributed by atoms with Crippen molar-refractivity contribution in [3.05, 3.63) is 170 Å². The van der Waals surface area contributed by atoms with Gasteiger partial charge in [-0.3, -0.25) is 0 Å². The van der Waals surface area contributed by atoms with Crippen molar-refractivity contribution in [2.24, 2.45) is 0 Å². The van der Waals surface area contributed by atoms with Gasteiger partial charge >= 0.3 is 0 Å². The van der Waals surface area contributed by atoms with Crippen molar-refractivity contribution in [1.82, 2.24) is 19.5 Å². The summed E-state index contributed by atoms with van der Waals surface area (Å²) in [4.78, 5) is 14.7. The van der Waals surface area contributed by atoms with E-state index in [0.717, 1.165) is 33.5 Å². The number of thiophene rings is 1. The van der Waals surface area contributed by atoms with Gasteiger partial charge in [0.2, 0.25) is 0 Å². The van der Waals surface area contributed by atoms with Crippen LogP contribution in [0.3, 0.4) is 0 Å². The number of aromatic nitrogens is 4. The van der Waals surface area contributed by atoms with Crippen molar-refractivity contribution < 1.29 is 0 Å². The molecular formula is C45H28N4S. The smallest absolute Gasteiger partial charge is 0.164 e. The van der Waals surface area contributed by atoms with Crippen LogP contribution in [0.4, 0.5) is 0 Å². The second kappa shape index (κ2) is 11.6. The summed E-state index contributed by atoms with van der Waals surface area (Å²) >= 11 is 1.89. The van der Waals surface area contributed by atoms with Crippen molar-refractivity contribution in [2.45, 2.75) is 0 Å². The van der Waals surface area contributed by atoms with Crippen LogP contribution in [-0.4, -0.2) is 19.5 Å². The van der Waals surface area contributed by atoms with Crippen molar-refractivity contribution in [1.29, 1.82) is 0 Å². The van der Waals surface area contributed by atoms with Gasteiger partial charge in [-0.15, -0.1) is 11.3 Å². The van der Waals surface area contributed by atoms with Gasteiger partial charge in [-0.1, -0.05) is 140 Å². The number of hydrogen-bond acceptors (Lipinski definition) is 4. The molecule has 10 rings (SSSR count). The van der Waals surface area contributed by atoms with E-state index in [0.29, 0.717) is 17.5 Å². The van der Waals surface area contributed by atoms with Gasteiger partial charge in [0.25, 0.3) is 0 Å². The summed E-state index contributed by atoms with van der Waals surface area (Å²) in [6.45, 7) is 0. The number of nitrogens with zero attached hydrogens (tertiary/aromatic N) is 4. The Bertz CT molecular complexity index is 2800. The van der Waals surface area contributed by atoms with E-state index in [1.807, 2.05) is 72.0 Å². The van der Waals surface area contributed by atoms with Crippen LogP contribution in [0.5, 0.6) is 0 Å². The highest BCUT2D eigenvalue weighted by atomic mass is 32.1. The third-order valence-corrected chi connectivity index (χ3v) is 10.7. The van der Waals surface area contributed by atoms with Gasteiger partial charge in [0.05, 0.1) is 11.0 Å². The zero-order valence-electron chi connectivity index (χ0n) is 26.9. The highest BCUT2D eigenvalue weighted by Gasteiger charge is 2.18. The Hall–Kier alpha value is -6.43. The predicted molar refractivity (Wildman–Crippen MR) is 209 cm³/mol. The minimum absolute atomic E-state index is 0.649. The summed E-state index contributed by atoms with van der Waals surface area (Å²) < 4.78 is 5.07. The van der Waals surface area contributed by atoms with Gasteiger partial charge in [-0.2, -0.15) is 0 Å². The SMILES string of the molecule is c1ccc(-c2nc(-c3ccccc3)nc(-c3ccc(-c4cccc(-n5c6ccccc6c6c7sc8ccccc8c7ccc65)c4)cc3)n2)cc1. The largest absolute Gasteiger partial charge is 0.309 e. The zero-order chi connectivity index (χ0) is 33.0. The van der Waals surface area contributed by atoms with E-state index in [1.165, 1.54) is 42.0 Å². The van der Waals surface area contributed by atoms with Crippen LogP contribution in [0.25, 0.3) is 93.0 Å². The third kappa shape index (κ3) is 4.71. The lowest BCUT2D eigenvalue weighted by Crippen LogP contribution is -2.00. The van der Waals surface area contributed by atoms with Gasteiger partial charge in [0.1, 0.15) is 0 Å². The van der Waals surface area contributed by atoms with Crippen LogP contribution in [-0.2, 0) is 0 Å². The molecule has 3 heterocycles. The Morgan fingerprint density at radius 2 is 0.940 bits per heavy atom. The van der Waals surface area contributed by atoms with Crippen molar-refractivity contribution in [3.8, 4) is 51.0 Å². The fourth-order valence-corrected chi connectivity index (χ4v) is 8.35. The first-order chi connectivity index (χ1) is 24.8. The Morgan fingerprint density at radius 3 is 1.64 bits per heavy atom. The molecule has 4 nitrogen and oxygen atoms in total. The molecule has 0 N–H and O–H groups in total. The molecule has 0 saturated heterocycles. The lowest BCUT2D eigenvalue weighted by molar-refractivity contribution is 1.07. The maximum absolute atomic E-state index is 4.92. The molecule has 0 bridgehead atoms. The van der Waals surface area contributed by atoms with Crippen molar-refractivity contribution in [3.63, 3.8) is 0 Å². The second-order valence-corrected chi connectivity index (χ2v) is 13.5. The molecule has 0 radical (unpaired) electrons. The molecule has 0 spiro atoms. The van der Waals surface area contributed by atoms with E-state index >= 15 is 0 Å². The molecule has 50 heavy (non-hydrogen) atoms. The fraction of sp³-hybridized carbons (Fsp3) is 0. The van der Waals surface area contributed by atoms with Gasteiger partial charge < -0.3 is 4.57 Å². The quantitative estimate of drug-likeness (QED) is 0.185. The van der Waals surface area contributed by atoms with Crippen LogP contribution in [0.15, 0.2) is 170 Å². The fourth-order valence-electron chi connectivity index (χ4n) is 7.09. The highest BCUT2D eigenvalue weighted by molar-refractivity contribution is 7.26. The molecular weight excluding hydrogens is 629 g/mol. The van der Waals surface area contributed by atoms with Crippen molar-refractivity contribution >= 4 is 53.3 Å². The molecule has 10 aromatic rings. The van der Waals surface area contributed by atoms with Crippen LogP contribution in [0.2, 0.25) is 0 Å². The Kier molecular flexibility index (Phi) is 6.64. The van der Waals surface area contributed by atoms with E-state index in [2.05, 4.69) is 114 Å². The maximum Gasteiger partial charge on any atom is 0.164 e. The topological polar surface area (TPSA) is 43.6 Å². The molecule has 0 amide bonds. The molecule has 0 atom stereocenters. The van der Waals surface area contributed by atoms with Gasteiger partial charge in [0.15, 0.2) is 17.5 Å². The molecule has 0 saturated carbocycles. The van der Waals surface area contributed by atoms with Gasteiger partial charge in [-0.05, 0) is 41.5 Å². The molecule has 0 aliphatic rings. The average molecular weight is 657 g/mol. The minimum Gasteiger partial charge on any atom is -0.309 e. The predicted octanol–water partition coefficient (Wildman–Crippen LogP) is 12.0. The second-order valence-electron chi connectivity index (χ2n) is 12.5. The first kappa shape index (κ1) is 28.6. The average Bonchev–Trinajstić information content (AvgIpc) is 3.74. The van der Waals surface area contributed by atoms with Gasteiger partial charge in [-0.25, -0.2) is 15.0 Å². The Balaban J connectivity index is 1.07. The number of rotatable bonds is 5. The summed E-state index contributed by atoms with van der Waals surface area (Å²) in [5.74, 6) is 1.96. The maximum atomic E-state index is 4.92. The summed E-state index contributed by atoms with van der Waals surface area (Å²) in [5, 5.41) is 5.23. The Labute approximate surface area is 292 Å². The Morgan fingerprint density at radius 1 is 0.380 bits per heavy atom. The molecule has 0 fully saturated rings. The molecule has 5 heteroatoms. The lowest BCUT2D eigenvalue weighted by Gasteiger charge is -2.11. The van der Waals surface area contributed by atoms with E-state index in [4.69, 9.17) is 15.0 Å². The van der Waals surface area contributed by atoms with Crippen LogP contribution in [0.1, 0.15) is 0 Å². The van der Waals surface area contributed by atoms with E-state index < -0.39 is 0 Å². The monoisotopic (exact) mass is 656 g/mol. The first-order valence-corrected chi connectivity index (χ1v) is 17.5. The van der Waals surface area contributed by atoms with Crippen LogP contribution >= 0.6 is 11.3 Å². The molecule has 0 aliphatic carbocycles. The summed E-state index contributed by atoms with van der Waals surface area (Å²) in [6, 6.07) is 59.6. The minimum atomic E-state index is 0.649. The summed E-state index contributed by atoms with van der Waals surface area (Å²) in [6.07, 6.45) is 0. The molecule has 234 valence electrons. The number of para-hydroxylation sites is 1. The number of fused-ring (bicyclic) bond motifs is 7. The van der Waals surface area contributed by atoms with E-state index in [1.54, 1.807) is 0 Å². The zero-order valence-corrected chi connectivity index (χ0v) is 27.7. The summed E-state index contributed by atoms with van der Waals surface area (Å²) in [5.41, 5.74) is 8.69. The van der Waals surface area contributed by atoms with Crippen LogP contribution < -0.4 is 0 Å². The standard InChI is InChI=1S/C45H28N4S/c1-3-12-30(13-4-1)43-46-44(31-14-5-2-6-15-31)48-45(47-43)32-24-22-29(23-25-32)33-16-11-17-34(28-33)49-38-20-9-7-19-37(38)41-39(49)27-26-36-35-18-8-10-21-40(35)50-42(36)41/h1-28H. The lowest BCUT2D eigenvalue weighted by atomic mass is 10.0. The molecule has 3 aromatic heterocycles. The van der Waals surface area contributed by atoms with Gasteiger partial charge in [0, 0.05) is 53.3 Å². The third-order valence-electron chi connectivity index (χ3n) is 9.46.